The Morgan fingerprint density at radius 2 is 1.84 bits per heavy atom. The number of nitrogens with zero attached hydrogens (tertiary/aromatic N) is 1. The number of aromatic nitrogens is 1. The summed E-state index contributed by atoms with van der Waals surface area (Å²) in [6.07, 6.45) is 2.01. The summed E-state index contributed by atoms with van der Waals surface area (Å²) in [5.41, 5.74) is 1.53. The van der Waals surface area contributed by atoms with E-state index in [1.807, 2.05) is 0 Å². The van der Waals surface area contributed by atoms with Crippen LogP contribution in [0.1, 0.15) is 30.6 Å². The van der Waals surface area contributed by atoms with Gasteiger partial charge in [-0.05, 0) is 49.6 Å². The fourth-order valence-corrected chi connectivity index (χ4v) is 3.77. The second-order valence-electron chi connectivity index (χ2n) is 7.20. The molecule has 31 heavy (non-hydrogen) atoms. The van der Waals surface area contributed by atoms with E-state index in [1.54, 1.807) is 6.92 Å². The molecule has 1 atom stereocenters. The number of nitrogens with one attached hydrogen (secondary N) is 2. The van der Waals surface area contributed by atoms with E-state index in [4.69, 9.17) is 5.21 Å². The summed E-state index contributed by atoms with van der Waals surface area (Å²) in [6.45, 7) is 3.12. The van der Waals surface area contributed by atoms with Crippen molar-refractivity contribution in [3.63, 3.8) is 0 Å². The average Bonchev–Trinajstić information content (AvgIpc) is 2.71. The molecule has 3 N–H and O–H groups in total. The summed E-state index contributed by atoms with van der Waals surface area (Å²) in [6, 6.07) is 6.76. The maximum Gasteiger partial charge on any atom is 0.264 e. The first-order valence-corrected chi connectivity index (χ1v) is 11.3. The second-order valence-corrected chi connectivity index (χ2v) is 9.64. The maximum absolute atomic E-state index is 14.3. The topological polar surface area (TPSA) is 135 Å². The van der Waals surface area contributed by atoms with E-state index in [0.717, 1.165) is 19.2 Å². The molecule has 2 aromatic rings. The third kappa shape index (κ3) is 5.17. The fraction of sp³-hybridized carbons (Fsp3) is 0.350. The van der Waals surface area contributed by atoms with Gasteiger partial charge in [-0.25, -0.2) is 18.3 Å². The van der Waals surface area contributed by atoms with E-state index in [2.05, 4.69) is 5.32 Å². The number of hydroxylamine groups is 1. The highest BCUT2D eigenvalue weighted by atomic mass is 32.2. The lowest BCUT2D eigenvalue weighted by Crippen LogP contribution is -2.49. The zero-order chi connectivity index (χ0) is 23.4. The van der Waals surface area contributed by atoms with E-state index >= 15 is 0 Å². The largest absolute Gasteiger partial charge is 0.352 e. The van der Waals surface area contributed by atoms with Crippen molar-refractivity contribution in [3.05, 3.63) is 58.3 Å². The first-order valence-electron chi connectivity index (χ1n) is 9.37. The monoisotopic (exact) mass is 453 g/mol. The highest BCUT2D eigenvalue weighted by Gasteiger charge is 2.43. The van der Waals surface area contributed by atoms with Crippen molar-refractivity contribution in [3.8, 4) is 11.1 Å². The number of halogens is 1. The summed E-state index contributed by atoms with van der Waals surface area (Å²) in [4.78, 5) is 36.2. The first-order chi connectivity index (χ1) is 14.4. The molecule has 2 rings (SSSR count). The molecule has 1 aromatic heterocycles. The van der Waals surface area contributed by atoms with E-state index in [1.165, 1.54) is 40.5 Å². The third-order valence-electron chi connectivity index (χ3n) is 5.11. The average molecular weight is 453 g/mol. The minimum absolute atomic E-state index is 0.110. The van der Waals surface area contributed by atoms with Gasteiger partial charge in [-0.2, -0.15) is 0 Å². The molecular weight excluding hydrogens is 429 g/mol. The first kappa shape index (κ1) is 24.2. The van der Waals surface area contributed by atoms with Crippen molar-refractivity contribution in [1.29, 1.82) is 0 Å². The molecule has 0 saturated heterocycles. The summed E-state index contributed by atoms with van der Waals surface area (Å²) in [7, 11) is -3.89. The maximum atomic E-state index is 14.3. The van der Waals surface area contributed by atoms with Crippen LogP contribution in [-0.2, 0) is 21.2 Å². The van der Waals surface area contributed by atoms with Gasteiger partial charge in [-0.15, -0.1) is 0 Å². The number of sulfone groups is 1. The fourth-order valence-electron chi connectivity index (χ4n) is 2.93. The molecule has 0 saturated carbocycles. The number of hydrogen-bond donors (Lipinski definition) is 3. The molecule has 168 valence electrons. The Morgan fingerprint density at radius 3 is 2.35 bits per heavy atom. The van der Waals surface area contributed by atoms with Crippen LogP contribution in [0.2, 0.25) is 0 Å². The van der Waals surface area contributed by atoms with Crippen LogP contribution in [0.4, 0.5) is 4.39 Å². The zero-order valence-corrected chi connectivity index (χ0v) is 18.1. The zero-order valence-electron chi connectivity index (χ0n) is 17.3. The number of benzene rings is 1. The lowest BCUT2D eigenvalue weighted by Gasteiger charge is -2.25. The van der Waals surface area contributed by atoms with Gasteiger partial charge in [0, 0.05) is 31.6 Å². The molecule has 0 aliphatic rings. The van der Waals surface area contributed by atoms with Crippen molar-refractivity contribution in [2.75, 3.05) is 12.8 Å². The molecule has 0 fully saturated rings. The van der Waals surface area contributed by atoms with Crippen molar-refractivity contribution < 1.29 is 27.6 Å². The van der Waals surface area contributed by atoms with Gasteiger partial charge in [0.1, 0.15) is 5.82 Å². The Morgan fingerprint density at radius 1 is 1.19 bits per heavy atom. The predicted octanol–water partition coefficient (Wildman–Crippen LogP) is 1.10. The predicted molar refractivity (Wildman–Crippen MR) is 112 cm³/mol. The standard InChI is InChI=1S/C20H24FN3O6S/c1-4-22-18(26)15-6-5-13(11-16(15)21)14-7-9-24(17(25)12-14)10-8-20(2,19(27)23-28)31(3,29)30/h5-7,9,11-12,28H,4,8,10H2,1-3H3,(H,22,26)(H,23,27). The molecule has 0 aliphatic heterocycles. The van der Waals surface area contributed by atoms with Gasteiger partial charge >= 0.3 is 0 Å². The van der Waals surface area contributed by atoms with Crippen LogP contribution in [0.3, 0.4) is 0 Å². The molecule has 0 aliphatic carbocycles. The highest BCUT2D eigenvalue weighted by Crippen LogP contribution is 2.23. The molecule has 1 aromatic carbocycles. The van der Waals surface area contributed by atoms with E-state index in [-0.39, 0.29) is 18.5 Å². The van der Waals surface area contributed by atoms with Crippen LogP contribution < -0.4 is 16.4 Å². The minimum atomic E-state index is -3.89. The molecule has 0 spiro atoms. The molecule has 1 unspecified atom stereocenters. The minimum Gasteiger partial charge on any atom is -0.352 e. The van der Waals surface area contributed by atoms with Gasteiger partial charge in [-0.1, -0.05) is 6.07 Å². The summed E-state index contributed by atoms with van der Waals surface area (Å²) in [5.74, 6) is -2.36. The van der Waals surface area contributed by atoms with E-state index in [9.17, 15) is 27.2 Å². The van der Waals surface area contributed by atoms with Gasteiger partial charge in [0.2, 0.25) is 0 Å². The van der Waals surface area contributed by atoms with Gasteiger partial charge in [-0.3, -0.25) is 19.6 Å². The highest BCUT2D eigenvalue weighted by molar-refractivity contribution is 7.92. The summed E-state index contributed by atoms with van der Waals surface area (Å²) < 4.78 is 37.6. The number of amides is 2. The molecule has 1 heterocycles. The van der Waals surface area contributed by atoms with Crippen LogP contribution >= 0.6 is 0 Å². The van der Waals surface area contributed by atoms with E-state index < -0.39 is 37.8 Å². The molecule has 9 nitrogen and oxygen atoms in total. The van der Waals surface area contributed by atoms with Gasteiger partial charge in [0.15, 0.2) is 14.6 Å². The molecular formula is C20H24FN3O6S. The van der Waals surface area contributed by atoms with Crippen LogP contribution in [0.5, 0.6) is 0 Å². The summed E-state index contributed by atoms with van der Waals surface area (Å²) >= 11 is 0. The number of carbonyl (C=O) groups is 2. The molecule has 0 bridgehead atoms. The third-order valence-corrected chi connectivity index (χ3v) is 7.14. The number of rotatable bonds is 8. The lowest BCUT2D eigenvalue weighted by atomic mass is 10.0. The quantitative estimate of drug-likeness (QED) is 0.405. The molecule has 2 amide bonds. The number of aryl methyl sites for hydroxylation is 1. The SMILES string of the molecule is CCNC(=O)c1ccc(-c2ccn(CCC(C)(C(=O)NO)S(C)(=O)=O)c(=O)c2)cc1F. The van der Waals surface area contributed by atoms with Gasteiger partial charge < -0.3 is 9.88 Å². The van der Waals surface area contributed by atoms with Crippen molar-refractivity contribution in [1.82, 2.24) is 15.4 Å². The smallest absolute Gasteiger partial charge is 0.264 e. The van der Waals surface area contributed by atoms with Gasteiger partial charge in [0.05, 0.1) is 5.56 Å². The number of carbonyl (C=O) groups excluding carboxylic acids is 2. The van der Waals surface area contributed by atoms with Crippen LogP contribution in [0.15, 0.2) is 41.3 Å². The normalized spacial score (nSPS) is 13.3. The lowest BCUT2D eigenvalue weighted by molar-refractivity contribution is -0.131. The van der Waals surface area contributed by atoms with Crippen LogP contribution in [-0.4, -0.2) is 47.6 Å². The van der Waals surface area contributed by atoms with Crippen molar-refractivity contribution >= 4 is 21.7 Å². The summed E-state index contributed by atoms with van der Waals surface area (Å²) in [5, 5.41) is 11.4. The number of pyridine rings is 1. The molecule has 11 heteroatoms. The second kappa shape index (κ2) is 9.40. The Kier molecular flexibility index (Phi) is 7.34. The van der Waals surface area contributed by atoms with Crippen molar-refractivity contribution in [2.24, 2.45) is 0 Å². The Balaban J connectivity index is 2.28. The Labute approximate surface area is 178 Å². The molecule has 0 radical (unpaired) electrons. The van der Waals surface area contributed by atoms with Crippen molar-refractivity contribution in [2.45, 2.75) is 31.6 Å². The van der Waals surface area contributed by atoms with E-state index in [0.29, 0.717) is 17.7 Å². The van der Waals surface area contributed by atoms with Crippen LogP contribution in [0.25, 0.3) is 11.1 Å². The van der Waals surface area contributed by atoms with Gasteiger partial charge in [0.25, 0.3) is 17.4 Å². The van der Waals surface area contributed by atoms with Crippen LogP contribution in [0, 0.1) is 5.82 Å². The Bertz CT molecular complexity index is 1160. The number of hydrogen-bond acceptors (Lipinski definition) is 6. The Hall–Kier alpha value is -3.05.